The molecule has 3 aromatic rings. The molecule has 2 amide bonds. The Morgan fingerprint density at radius 2 is 1.58 bits per heavy atom. The third-order valence-corrected chi connectivity index (χ3v) is 8.85. The molecule has 0 radical (unpaired) electrons. The normalized spacial score (nSPS) is 12.7. The Morgan fingerprint density at radius 1 is 0.930 bits per heavy atom. The Balaban J connectivity index is 1.86. The summed E-state index contributed by atoms with van der Waals surface area (Å²) in [6.45, 7) is 6.69. The summed E-state index contributed by atoms with van der Waals surface area (Å²) in [5.41, 5.74) is 2.33. The summed E-state index contributed by atoms with van der Waals surface area (Å²) < 4.78 is 33.1. The Labute approximate surface area is 264 Å². The molecule has 0 bridgehead atoms. The van der Waals surface area contributed by atoms with Crippen LogP contribution in [0.15, 0.2) is 83.3 Å². The van der Waals surface area contributed by atoms with Crippen molar-refractivity contribution >= 4 is 43.5 Å². The van der Waals surface area contributed by atoms with Crippen LogP contribution in [0.2, 0.25) is 0 Å². The predicted molar refractivity (Wildman–Crippen MR) is 176 cm³/mol. The van der Waals surface area contributed by atoms with Crippen LogP contribution in [0.4, 0.5) is 5.69 Å². The van der Waals surface area contributed by atoms with E-state index >= 15 is 0 Å². The molecule has 0 spiro atoms. The van der Waals surface area contributed by atoms with Crippen LogP contribution in [-0.2, 0) is 32.6 Å². The molecule has 3 aromatic carbocycles. The number of carbonyl (C=O) groups is 2. The van der Waals surface area contributed by atoms with Gasteiger partial charge in [0.2, 0.25) is 21.8 Å². The van der Waals surface area contributed by atoms with Crippen molar-refractivity contribution in [1.82, 2.24) is 10.2 Å². The van der Waals surface area contributed by atoms with Gasteiger partial charge in [-0.15, -0.1) is 0 Å². The lowest BCUT2D eigenvalue weighted by Crippen LogP contribution is -2.52. The molecule has 0 aliphatic heterocycles. The molecule has 0 aromatic heterocycles. The number of anilines is 1. The van der Waals surface area contributed by atoms with Gasteiger partial charge >= 0.3 is 0 Å². The number of nitrogens with zero attached hydrogens (tertiary/aromatic N) is 2. The number of amides is 2. The molecule has 0 unspecified atom stereocenters. The first-order valence-electron chi connectivity index (χ1n) is 14.6. The largest absolute Gasteiger partial charge is 0.494 e. The van der Waals surface area contributed by atoms with Crippen LogP contribution in [0.5, 0.6) is 5.75 Å². The molecule has 1 N–H and O–H groups in total. The topological polar surface area (TPSA) is 96.0 Å². The summed E-state index contributed by atoms with van der Waals surface area (Å²) in [5, 5.41) is 3.07. The maximum atomic E-state index is 13.9. The van der Waals surface area contributed by atoms with Crippen molar-refractivity contribution in [2.75, 3.05) is 23.7 Å². The molecule has 0 aliphatic carbocycles. The minimum atomic E-state index is -3.60. The fraction of sp³-hybridized carbons (Fsp3) is 0.394. The van der Waals surface area contributed by atoms with Gasteiger partial charge < -0.3 is 15.0 Å². The first-order valence-corrected chi connectivity index (χ1v) is 17.2. The number of hydrogen-bond donors (Lipinski definition) is 1. The van der Waals surface area contributed by atoms with Crippen molar-refractivity contribution < 1.29 is 22.7 Å². The molecule has 0 saturated carbocycles. The van der Waals surface area contributed by atoms with Crippen LogP contribution < -0.4 is 14.4 Å². The van der Waals surface area contributed by atoms with Crippen LogP contribution >= 0.6 is 15.9 Å². The lowest BCUT2D eigenvalue weighted by molar-refractivity contribution is -0.141. The third-order valence-electron chi connectivity index (χ3n) is 7.13. The minimum absolute atomic E-state index is 0.0483. The van der Waals surface area contributed by atoms with E-state index in [1.54, 1.807) is 29.2 Å². The van der Waals surface area contributed by atoms with Gasteiger partial charge in [-0.05, 0) is 74.2 Å². The number of carbonyl (C=O) groups excluding carboxylic acids is 2. The monoisotopic (exact) mass is 671 g/mol. The van der Waals surface area contributed by atoms with Gasteiger partial charge in [0.25, 0.3) is 0 Å². The van der Waals surface area contributed by atoms with Crippen LogP contribution in [0.3, 0.4) is 0 Å². The zero-order valence-electron chi connectivity index (χ0n) is 25.3. The van der Waals surface area contributed by atoms with Gasteiger partial charge in [0.15, 0.2) is 0 Å². The molecular weight excluding hydrogens is 630 g/mol. The quantitative estimate of drug-likeness (QED) is 0.203. The molecule has 232 valence electrons. The lowest BCUT2D eigenvalue weighted by Gasteiger charge is -2.32. The molecule has 0 fully saturated rings. The van der Waals surface area contributed by atoms with E-state index in [0.717, 1.165) is 28.3 Å². The average molecular weight is 673 g/mol. The van der Waals surface area contributed by atoms with Gasteiger partial charge in [0.05, 0.1) is 18.6 Å². The second-order valence-corrected chi connectivity index (χ2v) is 13.4. The SMILES string of the molecule is CCOc1ccc(N(CCCC(=O)N(Cc2ccc(Br)cc2)[C@H](Cc2ccccc2)C(=O)N[C@@H](C)CC)S(C)(=O)=O)cc1. The number of rotatable bonds is 16. The summed E-state index contributed by atoms with van der Waals surface area (Å²) in [6, 6.07) is 23.4. The molecule has 0 aliphatic rings. The average Bonchev–Trinajstić information content (AvgIpc) is 2.98. The Bertz CT molecular complexity index is 1420. The van der Waals surface area contributed by atoms with Gasteiger partial charge in [-0.3, -0.25) is 13.9 Å². The number of benzene rings is 3. The van der Waals surface area contributed by atoms with Crippen molar-refractivity contribution in [1.29, 1.82) is 0 Å². The van der Waals surface area contributed by atoms with E-state index in [1.807, 2.05) is 75.4 Å². The van der Waals surface area contributed by atoms with Crippen molar-refractivity contribution in [3.05, 3.63) is 94.5 Å². The lowest BCUT2D eigenvalue weighted by atomic mass is 10.0. The van der Waals surface area contributed by atoms with Crippen molar-refractivity contribution in [3.8, 4) is 5.75 Å². The summed E-state index contributed by atoms with van der Waals surface area (Å²) >= 11 is 3.46. The van der Waals surface area contributed by atoms with E-state index in [2.05, 4.69) is 21.2 Å². The summed E-state index contributed by atoms with van der Waals surface area (Å²) in [6.07, 6.45) is 2.62. The fourth-order valence-corrected chi connectivity index (χ4v) is 5.89. The third kappa shape index (κ3) is 10.7. The Kier molecular flexibility index (Phi) is 13.1. The van der Waals surface area contributed by atoms with E-state index in [4.69, 9.17) is 4.74 Å². The van der Waals surface area contributed by atoms with E-state index in [0.29, 0.717) is 24.5 Å². The van der Waals surface area contributed by atoms with E-state index in [1.165, 1.54) is 4.31 Å². The zero-order chi connectivity index (χ0) is 31.4. The molecule has 10 heteroatoms. The van der Waals surface area contributed by atoms with Gasteiger partial charge in [0.1, 0.15) is 11.8 Å². The maximum absolute atomic E-state index is 13.9. The first kappa shape index (κ1) is 34.1. The molecule has 2 atom stereocenters. The fourth-order valence-electron chi connectivity index (χ4n) is 4.66. The molecular formula is C33H42BrN3O5S. The maximum Gasteiger partial charge on any atom is 0.243 e. The Hall–Kier alpha value is -3.37. The number of hydrogen-bond acceptors (Lipinski definition) is 5. The van der Waals surface area contributed by atoms with Crippen molar-refractivity contribution in [2.24, 2.45) is 0 Å². The van der Waals surface area contributed by atoms with Gasteiger partial charge in [0, 0.05) is 36.4 Å². The second kappa shape index (κ2) is 16.5. The molecule has 8 nitrogen and oxygen atoms in total. The van der Waals surface area contributed by atoms with Crippen LogP contribution in [0.25, 0.3) is 0 Å². The molecule has 43 heavy (non-hydrogen) atoms. The Morgan fingerprint density at radius 3 is 2.16 bits per heavy atom. The standard InChI is InChI=1S/C33H42BrN3O5S/c1-5-25(3)35-33(39)31(23-26-11-8-7-9-12-26)36(24-27-14-16-28(34)17-15-27)32(38)13-10-22-37(43(4,40)41)29-18-20-30(21-19-29)42-6-2/h7-9,11-12,14-21,25,31H,5-6,10,13,22-24H2,1-4H3,(H,35,39)/t25-,31+/m0/s1. The number of sulfonamides is 1. The zero-order valence-corrected chi connectivity index (χ0v) is 27.7. The smallest absolute Gasteiger partial charge is 0.243 e. The molecule has 3 rings (SSSR count). The van der Waals surface area contributed by atoms with Crippen LogP contribution in [0.1, 0.15) is 51.2 Å². The number of nitrogens with one attached hydrogen (secondary N) is 1. The molecule has 0 saturated heterocycles. The van der Waals surface area contributed by atoms with Crippen molar-refractivity contribution in [3.63, 3.8) is 0 Å². The summed E-state index contributed by atoms with van der Waals surface area (Å²) in [7, 11) is -3.60. The van der Waals surface area contributed by atoms with E-state index < -0.39 is 16.1 Å². The highest BCUT2D eigenvalue weighted by atomic mass is 79.9. The highest BCUT2D eigenvalue weighted by molar-refractivity contribution is 9.10. The highest BCUT2D eigenvalue weighted by Crippen LogP contribution is 2.23. The number of ether oxygens (including phenoxy) is 1. The van der Waals surface area contributed by atoms with Gasteiger partial charge in [-0.1, -0.05) is 65.3 Å². The minimum Gasteiger partial charge on any atom is -0.494 e. The van der Waals surface area contributed by atoms with E-state index in [9.17, 15) is 18.0 Å². The van der Waals surface area contributed by atoms with Crippen molar-refractivity contribution in [2.45, 2.75) is 65.1 Å². The molecule has 0 heterocycles. The van der Waals surface area contributed by atoms with Gasteiger partial charge in [-0.2, -0.15) is 0 Å². The summed E-state index contributed by atoms with van der Waals surface area (Å²) in [4.78, 5) is 29.2. The second-order valence-electron chi connectivity index (χ2n) is 10.5. The highest BCUT2D eigenvalue weighted by Gasteiger charge is 2.31. The van der Waals surface area contributed by atoms with Crippen LogP contribution in [0, 0.1) is 0 Å². The number of halogens is 1. The first-order chi connectivity index (χ1) is 20.5. The van der Waals surface area contributed by atoms with Gasteiger partial charge in [-0.25, -0.2) is 8.42 Å². The van der Waals surface area contributed by atoms with E-state index in [-0.39, 0.29) is 43.8 Å². The van der Waals surface area contributed by atoms with Crippen LogP contribution in [-0.4, -0.2) is 56.6 Å². The summed E-state index contributed by atoms with van der Waals surface area (Å²) in [5.74, 6) is 0.220. The predicted octanol–water partition coefficient (Wildman–Crippen LogP) is 5.95.